The Hall–Kier alpha value is -3.03. The molecule has 2 aromatic carbocycles. The molecule has 0 spiro atoms. The molecule has 5 nitrogen and oxygen atoms in total. The van der Waals surface area contributed by atoms with Gasteiger partial charge < -0.3 is 9.26 Å². The van der Waals surface area contributed by atoms with E-state index in [0.717, 1.165) is 13.0 Å². The summed E-state index contributed by atoms with van der Waals surface area (Å²) >= 11 is 1.82. The molecule has 0 N–H and O–H groups in total. The zero-order valence-electron chi connectivity index (χ0n) is 16.2. The first-order valence-corrected chi connectivity index (χ1v) is 10.7. The van der Waals surface area contributed by atoms with Gasteiger partial charge in [0.1, 0.15) is 11.6 Å². The SMILES string of the molecule is Fc1ccc(OCc2noc(CN3CCc4sccc4[C@@H]3c3ccccc3)n2)cc1. The molecule has 0 unspecified atom stereocenters. The van der Waals surface area contributed by atoms with Gasteiger partial charge in [-0.05, 0) is 53.3 Å². The number of nitrogens with zero attached hydrogens (tertiary/aromatic N) is 3. The standard InChI is InChI=1S/C23H20FN3O2S/c24-17-6-8-18(9-7-17)28-15-21-25-22(29-26-21)14-27-12-10-20-19(11-13-30-20)23(27)16-4-2-1-3-5-16/h1-9,11,13,23H,10,12,14-15H2/t23-/m0/s1. The minimum Gasteiger partial charge on any atom is -0.485 e. The third kappa shape index (κ3) is 3.99. The predicted octanol–water partition coefficient (Wildman–Crippen LogP) is 5.00. The van der Waals surface area contributed by atoms with E-state index in [9.17, 15) is 4.39 Å². The van der Waals surface area contributed by atoms with E-state index >= 15 is 0 Å². The normalized spacial score (nSPS) is 16.4. The molecular weight excluding hydrogens is 401 g/mol. The third-order valence-corrected chi connectivity index (χ3v) is 6.21. The molecular formula is C23H20FN3O2S. The van der Waals surface area contributed by atoms with E-state index in [1.807, 2.05) is 17.4 Å². The highest BCUT2D eigenvalue weighted by Crippen LogP contribution is 2.38. The van der Waals surface area contributed by atoms with Crippen molar-refractivity contribution in [1.82, 2.24) is 15.0 Å². The summed E-state index contributed by atoms with van der Waals surface area (Å²) in [6.45, 7) is 1.67. The lowest BCUT2D eigenvalue weighted by Crippen LogP contribution is -2.35. The van der Waals surface area contributed by atoms with Crippen molar-refractivity contribution in [1.29, 1.82) is 0 Å². The van der Waals surface area contributed by atoms with Gasteiger partial charge in [0.05, 0.1) is 12.6 Å². The summed E-state index contributed by atoms with van der Waals surface area (Å²) in [5.74, 6) is 1.30. The molecule has 7 heteroatoms. The van der Waals surface area contributed by atoms with Crippen LogP contribution in [0.15, 0.2) is 70.6 Å². The van der Waals surface area contributed by atoms with Gasteiger partial charge in [0.25, 0.3) is 0 Å². The van der Waals surface area contributed by atoms with E-state index in [4.69, 9.17) is 9.26 Å². The number of hydrogen-bond acceptors (Lipinski definition) is 6. The highest BCUT2D eigenvalue weighted by Gasteiger charge is 2.30. The minimum atomic E-state index is -0.299. The summed E-state index contributed by atoms with van der Waals surface area (Å²) in [6.07, 6.45) is 1.02. The molecule has 0 fully saturated rings. The van der Waals surface area contributed by atoms with Crippen molar-refractivity contribution >= 4 is 11.3 Å². The highest BCUT2D eigenvalue weighted by atomic mass is 32.1. The number of benzene rings is 2. The molecule has 152 valence electrons. The van der Waals surface area contributed by atoms with Crippen LogP contribution in [0.25, 0.3) is 0 Å². The lowest BCUT2D eigenvalue weighted by Gasteiger charge is -2.35. The monoisotopic (exact) mass is 421 g/mol. The van der Waals surface area contributed by atoms with Crippen LogP contribution in [0, 0.1) is 5.82 Å². The quantitative estimate of drug-likeness (QED) is 0.439. The molecule has 3 heterocycles. The van der Waals surface area contributed by atoms with Crippen molar-refractivity contribution in [3.05, 3.63) is 99.6 Å². The Balaban J connectivity index is 1.31. The number of fused-ring (bicyclic) bond motifs is 1. The minimum absolute atomic E-state index is 0.173. The van der Waals surface area contributed by atoms with Crippen molar-refractivity contribution in [3.63, 3.8) is 0 Å². The topological polar surface area (TPSA) is 51.4 Å². The zero-order chi connectivity index (χ0) is 20.3. The largest absolute Gasteiger partial charge is 0.485 e. The summed E-state index contributed by atoms with van der Waals surface area (Å²) in [7, 11) is 0. The Kier molecular flexibility index (Phi) is 5.29. The van der Waals surface area contributed by atoms with E-state index in [2.05, 4.69) is 50.8 Å². The number of hydrogen-bond donors (Lipinski definition) is 0. The lowest BCUT2D eigenvalue weighted by molar-refractivity contribution is 0.179. The lowest BCUT2D eigenvalue weighted by atomic mass is 9.93. The van der Waals surface area contributed by atoms with Crippen LogP contribution >= 0.6 is 11.3 Å². The van der Waals surface area contributed by atoms with Crippen LogP contribution in [-0.2, 0) is 19.6 Å². The fraction of sp³-hybridized carbons (Fsp3) is 0.217. The van der Waals surface area contributed by atoms with Gasteiger partial charge in [-0.2, -0.15) is 4.98 Å². The van der Waals surface area contributed by atoms with E-state index < -0.39 is 0 Å². The summed E-state index contributed by atoms with van der Waals surface area (Å²) in [6, 6.07) is 18.8. The molecule has 0 saturated carbocycles. The molecule has 30 heavy (non-hydrogen) atoms. The number of rotatable bonds is 6. The van der Waals surface area contributed by atoms with Crippen LogP contribution in [0.1, 0.15) is 33.8 Å². The Bertz CT molecular complexity index is 1110. The average molecular weight is 421 g/mol. The van der Waals surface area contributed by atoms with Crippen LogP contribution in [0.4, 0.5) is 4.39 Å². The second-order valence-electron chi connectivity index (χ2n) is 7.18. The van der Waals surface area contributed by atoms with Gasteiger partial charge in [-0.3, -0.25) is 4.90 Å². The van der Waals surface area contributed by atoms with Crippen molar-refractivity contribution < 1.29 is 13.7 Å². The smallest absolute Gasteiger partial charge is 0.240 e. The molecule has 0 saturated heterocycles. The zero-order valence-corrected chi connectivity index (χ0v) is 17.0. The average Bonchev–Trinajstić information content (AvgIpc) is 3.43. The third-order valence-electron chi connectivity index (χ3n) is 5.21. The summed E-state index contributed by atoms with van der Waals surface area (Å²) in [4.78, 5) is 8.31. The van der Waals surface area contributed by atoms with Gasteiger partial charge in [-0.25, -0.2) is 4.39 Å². The second-order valence-corrected chi connectivity index (χ2v) is 8.18. The van der Waals surface area contributed by atoms with Gasteiger partial charge >= 0.3 is 0 Å². The van der Waals surface area contributed by atoms with Gasteiger partial charge in [0.15, 0.2) is 6.61 Å². The molecule has 4 aromatic rings. The predicted molar refractivity (Wildman–Crippen MR) is 112 cm³/mol. The highest BCUT2D eigenvalue weighted by molar-refractivity contribution is 7.10. The van der Waals surface area contributed by atoms with Crippen LogP contribution < -0.4 is 4.74 Å². The molecule has 0 bridgehead atoms. The van der Waals surface area contributed by atoms with E-state index in [0.29, 0.717) is 24.0 Å². The fourth-order valence-corrected chi connectivity index (χ4v) is 4.73. The number of halogens is 1. The van der Waals surface area contributed by atoms with E-state index in [1.165, 1.54) is 28.1 Å². The summed E-state index contributed by atoms with van der Waals surface area (Å²) in [5, 5.41) is 6.20. The molecule has 0 amide bonds. The Morgan fingerprint density at radius 1 is 1.10 bits per heavy atom. The van der Waals surface area contributed by atoms with Crippen molar-refractivity contribution in [3.8, 4) is 5.75 Å². The van der Waals surface area contributed by atoms with E-state index in [1.54, 1.807) is 12.1 Å². The molecule has 1 aliphatic heterocycles. The van der Waals surface area contributed by atoms with Crippen LogP contribution in [0.2, 0.25) is 0 Å². The van der Waals surface area contributed by atoms with Crippen molar-refractivity contribution in [2.24, 2.45) is 0 Å². The molecule has 5 rings (SSSR count). The molecule has 0 radical (unpaired) electrons. The van der Waals surface area contributed by atoms with Gasteiger partial charge in [-0.15, -0.1) is 11.3 Å². The Morgan fingerprint density at radius 2 is 1.93 bits per heavy atom. The number of thiophene rings is 1. The maximum absolute atomic E-state index is 13.0. The first-order chi connectivity index (χ1) is 14.8. The fourth-order valence-electron chi connectivity index (χ4n) is 3.83. The number of aromatic nitrogens is 2. The molecule has 1 aliphatic rings. The van der Waals surface area contributed by atoms with Crippen LogP contribution in [-0.4, -0.2) is 21.6 Å². The summed E-state index contributed by atoms with van der Waals surface area (Å²) < 4.78 is 24.1. The van der Waals surface area contributed by atoms with Gasteiger partial charge in [-0.1, -0.05) is 35.5 Å². The summed E-state index contributed by atoms with van der Waals surface area (Å²) in [5.41, 5.74) is 2.62. The first-order valence-electron chi connectivity index (χ1n) is 9.81. The first kappa shape index (κ1) is 19.0. The van der Waals surface area contributed by atoms with Crippen LogP contribution in [0.3, 0.4) is 0 Å². The maximum Gasteiger partial charge on any atom is 0.240 e. The van der Waals surface area contributed by atoms with Crippen LogP contribution in [0.5, 0.6) is 5.75 Å². The Labute approximate surface area is 177 Å². The van der Waals surface area contributed by atoms with Gasteiger partial charge in [0.2, 0.25) is 11.7 Å². The van der Waals surface area contributed by atoms with E-state index in [-0.39, 0.29) is 18.5 Å². The second kappa shape index (κ2) is 8.38. The molecule has 2 aromatic heterocycles. The maximum atomic E-state index is 13.0. The molecule has 1 atom stereocenters. The van der Waals surface area contributed by atoms with Gasteiger partial charge in [0, 0.05) is 11.4 Å². The van der Waals surface area contributed by atoms with Crippen molar-refractivity contribution in [2.45, 2.75) is 25.6 Å². The molecule has 0 aliphatic carbocycles. The Morgan fingerprint density at radius 3 is 2.77 bits per heavy atom. The van der Waals surface area contributed by atoms with Crippen molar-refractivity contribution in [2.75, 3.05) is 6.54 Å². The number of ether oxygens (including phenoxy) is 1.